The molecule has 1 aliphatic heterocycles. The summed E-state index contributed by atoms with van der Waals surface area (Å²) in [4.78, 5) is 12.1. The van der Waals surface area contributed by atoms with Crippen LogP contribution in [0.2, 0.25) is 0 Å². The summed E-state index contributed by atoms with van der Waals surface area (Å²) >= 11 is 0. The molecule has 26 heavy (non-hydrogen) atoms. The largest absolute Gasteiger partial charge is 0.494 e. The molecule has 0 radical (unpaired) electrons. The Hall–Kier alpha value is -2.44. The van der Waals surface area contributed by atoms with Crippen molar-refractivity contribution < 1.29 is 19.0 Å². The highest BCUT2D eigenvalue weighted by Crippen LogP contribution is 2.15. The average Bonchev–Trinajstić information content (AvgIpc) is 3.08. The molecule has 1 aliphatic rings. The maximum atomic E-state index is 12.8. The van der Waals surface area contributed by atoms with E-state index in [0.717, 1.165) is 18.4 Å². The third-order valence-corrected chi connectivity index (χ3v) is 4.39. The van der Waals surface area contributed by atoms with Crippen LogP contribution in [0.3, 0.4) is 0 Å². The van der Waals surface area contributed by atoms with Gasteiger partial charge >= 0.3 is 0 Å². The second-order valence-corrected chi connectivity index (χ2v) is 6.38. The van der Waals surface area contributed by atoms with Crippen LogP contribution in [0, 0.1) is 5.82 Å². The molecule has 6 heteroatoms. The third kappa shape index (κ3) is 5.03. The van der Waals surface area contributed by atoms with Crippen molar-refractivity contribution in [3.63, 3.8) is 0 Å². The molecule has 3 rings (SSSR count). The summed E-state index contributed by atoms with van der Waals surface area (Å²) in [6.07, 6.45) is 1.65. The fraction of sp³-hybridized carbons (Fsp3) is 0.350. The van der Waals surface area contributed by atoms with Gasteiger partial charge in [-0.3, -0.25) is 4.79 Å². The summed E-state index contributed by atoms with van der Waals surface area (Å²) in [7, 11) is 0. The van der Waals surface area contributed by atoms with Crippen LogP contribution in [0.25, 0.3) is 0 Å². The number of anilines is 1. The van der Waals surface area contributed by atoms with Gasteiger partial charge < -0.3 is 20.5 Å². The van der Waals surface area contributed by atoms with Crippen molar-refractivity contribution in [2.45, 2.75) is 31.4 Å². The van der Waals surface area contributed by atoms with Gasteiger partial charge in [0.1, 0.15) is 17.6 Å². The Bertz CT molecular complexity index is 719. The van der Waals surface area contributed by atoms with Crippen LogP contribution >= 0.6 is 0 Å². The van der Waals surface area contributed by atoms with Crippen molar-refractivity contribution in [1.29, 1.82) is 0 Å². The molecule has 3 N–H and O–H groups in total. The Morgan fingerprint density at radius 3 is 2.58 bits per heavy atom. The molecule has 2 atom stereocenters. The number of carbonyl (C=O) groups is 1. The zero-order valence-corrected chi connectivity index (χ0v) is 14.5. The minimum atomic E-state index is -0.629. The van der Waals surface area contributed by atoms with Crippen molar-refractivity contribution >= 4 is 11.6 Å². The number of nitrogens with one attached hydrogen (secondary N) is 2. The van der Waals surface area contributed by atoms with E-state index >= 15 is 0 Å². The van der Waals surface area contributed by atoms with Crippen molar-refractivity contribution in [2.75, 3.05) is 18.5 Å². The Labute approximate surface area is 152 Å². The summed E-state index contributed by atoms with van der Waals surface area (Å²) < 4.78 is 18.4. The van der Waals surface area contributed by atoms with Gasteiger partial charge in [-0.25, -0.2) is 4.39 Å². The first-order valence-electron chi connectivity index (χ1n) is 8.81. The molecular formula is C20H23FN2O3. The molecule has 2 aromatic carbocycles. The average molecular weight is 358 g/mol. The third-order valence-electron chi connectivity index (χ3n) is 4.39. The van der Waals surface area contributed by atoms with Crippen LogP contribution in [0.15, 0.2) is 48.5 Å². The van der Waals surface area contributed by atoms with Crippen LogP contribution in [0.5, 0.6) is 5.75 Å². The number of benzene rings is 2. The normalized spacial score (nSPS) is 19.3. The fourth-order valence-electron chi connectivity index (χ4n) is 2.93. The summed E-state index contributed by atoms with van der Waals surface area (Å²) in [5.74, 6) is 0.172. The van der Waals surface area contributed by atoms with Gasteiger partial charge in [-0.15, -0.1) is 0 Å². The zero-order valence-electron chi connectivity index (χ0n) is 14.5. The Kier molecular flexibility index (Phi) is 6.20. The molecule has 0 bridgehead atoms. The summed E-state index contributed by atoms with van der Waals surface area (Å²) in [6, 6.07) is 13.1. The van der Waals surface area contributed by atoms with Crippen molar-refractivity contribution in [2.24, 2.45) is 0 Å². The molecule has 0 spiro atoms. The minimum absolute atomic E-state index is 0.213. The SMILES string of the molecule is O=C(Nc1ccc(CCCOc2ccc(F)cc2)cc1)C1NCCC1O. The molecular weight excluding hydrogens is 335 g/mol. The van der Waals surface area contributed by atoms with E-state index in [2.05, 4.69) is 10.6 Å². The number of aliphatic hydroxyl groups is 1. The van der Waals surface area contributed by atoms with Gasteiger partial charge in [0.15, 0.2) is 0 Å². The quantitative estimate of drug-likeness (QED) is 0.665. The van der Waals surface area contributed by atoms with Crippen molar-refractivity contribution in [3.8, 4) is 5.75 Å². The van der Waals surface area contributed by atoms with Gasteiger partial charge in [-0.05, 0) is 67.8 Å². The number of hydrogen-bond acceptors (Lipinski definition) is 4. The smallest absolute Gasteiger partial charge is 0.244 e. The number of ether oxygens (including phenoxy) is 1. The van der Waals surface area contributed by atoms with Gasteiger partial charge in [0.2, 0.25) is 5.91 Å². The first-order valence-corrected chi connectivity index (χ1v) is 8.81. The second kappa shape index (κ2) is 8.78. The maximum Gasteiger partial charge on any atom is 0.244 e. The van der Waals surface area contributed by atoms with Gasteiger partial charge in [0.25, 0.3) is 0 Å². The number of halogens is 1. The number of aryl methyl sites for hydroxylation is 1. The summed E-state index contributed by atoms with van der Waals surface area (Å²) in [5, 5.41) is 15.6. The van der Waals surface area contributed by atoms with Crippen LogP contribution < -0.4 is 15.4 Å². The van der Waals surface area contributed by atoms with E-state index in [9.17, 15) is 14.3 Å². The topological polar surface area (TPSA) is 70.6 Å². The number of carbonyl (C=O) groups excluding carboxylic acids is 1. The highest BCUT2D eigenvalue weighted by atomic mass is 19.1. The van der Waals surface area contributed by atoms with Crippen molar-refractivity contribution in [3.05, 3.63) is 59.9 Å². The Morgan fingerprint density at radius 1 is 1.19 bits per heavy atom. The number of rotatable bonds is 7. The molecule has 2 unspecified atom stereocenters. The molecule has 2 aromatic rings. The van der Waals surface area contributed by atoms with Crippen LogP contribution in [0.1, 0.15) is 18.4 Å². The van der Waals surface area contributed by atoms with Crippen LogP contribution in [0.4, 0.5) is 10.1 Å². The van der Waals surface area contributed by atoms with Gasteiger partial charge in [0, 0.05) is 5.69 Å². The molecule has 0 aromatic heterocycles. The molecule has 0 saturated carbocycles. The van der Waals surface area contributed by atoms with E-state index < -0.39 is 12.1 Å². The number of hydrogen-bond donors (Lipinski definition) is 3. The van der Waals surface area contributed by atoms with E-state index in [1.807, 2.05) is 24.3 Å². The first kappa shape index (κ1) is 18.4. The second-order valence-electron chi connectivity index (χ2n) is 6.38. The molecule has 1 amide bonds. The van der Waals surface area contributed by atoms with Crippen LogP contribution in [-0.2, 0) is 11.2 Å². The molecule has 0 aliphatic carbocycles. The molecule has 138 valence electrons. The Balaban J connectivity index is 1.41. The zero-order chi connectivity index (χ0) is 18.4. The van der Waals surface area contributed by atoms with E-state index in [4.69, 9.17) is 4.74 Å². The van der Waals surface area contributed by atoms with Gasteiger partial charge in [-0.2, -0.15) is 0 Å². The van der Waals surface area contributed by atoms with E-state index in [0.29, 0.717) is 31.0 Å². The molecule has 1 fully saturated rings. The predicted octanol–water partition coefficient (Wildman–Crippen LogP) is 2.50. The number of amides is 1. The number of aliphatic hydroxyl groups excluding tert-OH is 1. The lowest BCUT2D eigenvalue weighted by molar-refractivity contribution is -0.119. The Morgan fingerprint density at radius 2 is 1.92 bits per heavy atom. The highest BCUT2D eigenvalue weighted by Gasteiger charge is 2.30. The fourth-order valence-corrected chi connectivity index (χ4v) is 2.93. The summed E-state index contributed by atoms with van der Waals surface area (Å²) in [5.41, 5.74) is 1.85. The van der Waals surface area contributed by atoms with E-state index in [-0.39, 0.29) is 11.7 Å². The molecule has 5 nitrogen and oxygen atoms in total. The predicted molar refractivity (Wildman–Crippen MR) is 97.7 cm³/mol. The summed E-state index contributed by atoms with van der Waals surface area (Å²) in [6.45, 7) is 1.20. The van der Waals surface area contributed by atoms with Crippen molar-refractivity contribution in [1.82, 2.24) is 5.32 Å². The van der Waals surface area contributed by atoms with Crippen LogP contribution in [-0.4, -0.2) is 36.3 Å². The van der Waals surface area contributed by atoms with E-state index in [1.165, 1.54) is 12.1 Å². The lowest BCUT2D eigenvalue weighted by atomic mass is 10.1. The maximum absolute atomic E-state index is 12.8. The highest BCUT2D eigenvalue weighted by molar-refractivity contribution is 5.95. The minimum Gasteiger partial charge on any atom is -0.494 e. The monoisotopic (exact) mass is 358 g/mol. The van der Waals surface area contributed by atoms with Gasteiger partial charge in [-0.1, -0.05) is 12.1 Å². The lowest BCUT2D eigenvalue weighted by Crippen LogP contribution is -2.42. The molecule has 1 saturated heterocycles. The lowest BCUT2D eigenvalue weighted by Gasteiger charge is -2.15. The molecule has 1 heterocycles. The first-order chi connectivity index (χ1) is 12.6. The standard InChI is InChI=1S/C20H23FN2O3/c21-15-5-9-17(10-6-15)26-13-1-2-14-3-7-16(8-4-14)23-20(25)19-18(24)11-12-22-19/h3-10,18-19,22,24H,1-2,11-13H2,(H,23,25). The van der Waals surface area contributed by atoms with Gasteiger partial charge in [0.05, 0.1) is 12.7 Å². The van der Waals surface area contributed by atoms with E-state index in [1.54, 1.807) is 12.1 Å².